The zero-order chi connectivity index (χ0) is 13.3. The van der Waals surface area contributed by atoms with Crippen LogP contribution in [-0.4, -0.2) is 10.8 Å². The molecule has 0 amide bonds. The molecular formula is C17H23NO. The molecule has 19 heavy (non-hydrogen) atoms. The lowest BCUT2D eigenvalue weighted by Crippen LogP contribution is -2.40. The summed E-state index contributed by atoms with van der Waals surface area (Å²) in [5.74, 6) is 0.832. The van der Waals surface area contributed by atoms with E-state index in [1.165, 1.54) is 24.8 Å². The minimum Gasteiger partial charge on any atom is -0.271 e. The largest absolute Gasteiger partial charge is 0.271 e. The van der Waals surface area contributed by atoms with Crippen molar-refractivity contribution < 1.29 is 4.84 Å². The zero-order valence-electron chi connectivity index (χ0n) is 12.1. The predicted molar refractivity (Wildman–Crippen MR) is 75.0 cm³/mol. The summed E-state index contributed by atoms with van der Waals surface area (Å²) in [6.45, 7) is 8.27. The second-order valence-electron chi connectivity index (χ2n) is 7.39. The molecule has 4 atom stereocenters. The van der Waals surface area contributed by atoms with Gasteiger partial charge < -0.3 is 0 Å². The average molecular weight is 257 g/mol. The molecule has 1 saturated heterocycles. The molecule has 2 heteroatoms. The van der Waals surface area contributed by atoms with Crippen LogP contribution in [0.25, 0.3) is 0 Å². The van der Waals surface area contributed by atoms with Crippen molar-refractivity contribution >= 4 is 0 Å². The van der Waals surface area contributed by atoms with Gasteiger partial charge in [0.1, 0.15) is 0 Å². The second-order valence-corrected chi connectivity index (χ2v) is 7.39. The van der Waals surface area contributed by atoms with Gasteiger partial charge in [0, 0.05) is 5.41 Å². The van der Waals surface area contributed by atoms with Crippen LogP contribution < -0.4 is 0 Å². The SMILES string of the molecule is CC1(C)[C@@H]2CC[C@@]1(C)C1(C2)ON1Cc1ccccc1. The van der Waals surface area contributed by atoms with Crippen molar-refractivity contribution in [1.29, 1.82) is 0 Å². The molecule has 102 valence electrons. The molecule has 0 aromatic heterocycles. The van der Waals surface area contributed by atoms with E-state index in [9.17, 15) is 0 Å². The topological polar surface area (TPSA) is 15.5 Å². The maximum Gasteiger partial charge on any atom is 0.171 e. The summed E-state index contributed by atoms with van der Waals surface area (Å²) in [7, 11) is 0. The van der Waals surface area contributed by atoms with Crippen LogP contribution in [-0.2, 0) is 11.4 Å². The van der Waals surface area contributed by atoms with Crippen LogP contribution in [0.15, 0.2) is 30.3 Å². The van der Waals surface area contributed by atoms with Crippen LogP contribution in [0.4, 0.5) is 0 Å². The van der Waals surface area contributed by atoms with E-state index in [2.05, 4.69) is 56.2 Å². The highest BCUT2D eigenvalue weighted by Gasteiger charge is 2.79. The summed E-state index contributed by atoms with van der Waals surface area (Å²) in [6.07, 6.45) is 3.92. The van der Waals surface area contributed by atoms with Gasteiger partial charge in [-0.1, -0.05) is 51.1 Å². The fraction of sp³-hybridized carbons (Fsp3) is 0.647. The van der Waals surface area contributed by atoms with Crippen LogP contribution in [0.3, 0.4) is 0 Å². The van der Waals surface area contributed by atoms with Crippen LogP contribution in [0, 0.1) is 16.7 Å². The molecule has 1 aliphatic heterocycles. The summed E-state index contributed by atoms with van der Waals surface area (Å²) < 4.78 is 0. The van der Waals surface area contributed by atoms with E-state index in [1.807, 2.05) is 0 Å². The van der Waals surface area contributed by atoms with E-state index in [0.717, 1.165) is 12.5 Å². The molecule has 1 aromatic rings. The first-order chi connectivity index (χ1) is 9.00. The second kappa shape index (κ2) is 3.42. The van der Waals surface area contributed by atoms with Gasteiger partial charge in [0.25, 0.3) is 0 Å². The van der Waals surface area contributed by atoms with E-state index in [1.54, 1.807) is 0 Å². The molecule has 2 saturated carbocycles. The molecule has 2 bridgehead atoms. The Bertz CT molecular complexity index is 511. The molecule has 0 N–H and O–H groups in total. The summed E-state index contributed by atoms with van der Waals surface area (Å²) >= 11 is 0. The summed E-state index contributed by atoms with van der Waals surface area (Å²) in [5.41, 5.74) is 2.12. The van der Waals surface area contributed by atoms with E-state index < -0.39 is 0 Å². The predicted octanol–water partition coefficient (Wildman–Crippen LogP) is 3.98. The maximum atomic E-state index is 6.18. The van der Waals surface area contributed by atoms with Crippen molar-refractivity contribution in [3.05, 3.63) is 35.9 Å². The van der Waals surface area contributed by atoms with Crippen molar-refractivity contribution in [3.63, 3.8) is 0 Å². The first kappa shape index (κ1) is 11.9. The Morgan fingerprint density at radius 1 is 1.21 bits per heavy atom. The molecular weight excluding hydrogens is 234 g/mol. The van der Waals surface area contributed by atoms with Gasteiger partial charge in [-0.2, -0.15) is 0 Å². The summed E-state index contributed by atoms with van der Waals surface area (Å²) in [6, 6.07) is 10.7. The highest BCUT2D eigenvalue weighted by molar-refractivity contribution is 5.22. The van der Waals surface area contributed by atoms with Gasteiger partial charge in [-0.25, -0.2) is 0 Å². The Hall–Kier alpha value is -0.860. The number of fused-ring (bicyclic) bond motifs is 3. The first-order valence-electron chi connectivity index (χ1n) is 7.50. The minimum atomic E-state index is 0.0370. The molecule has 1 spiro atoms. The van der Waals surface area contributed by atoms with Gasteiger partial charge in [-0.3, -0.25) is 4.84 Å². The molecule has 1 aromatic carbocycles. The smallest absolute Gasteiger partial charge is 0.171 e. The first-order valence-corrected chi connectivity index (χ1v) is 7.50. The number of hydrogen-bond donors (Lipinski definition) is 0. The van der Waals surface area contributed by atoms with E-state index in [4.69, 9.17) is 4.84 Å². The van der Waals surface area contributed by atoms with E-state index in [0.29, 0.717) is 10.8 Å². The average Bonchev–Trinajstić information content (AvgIpc) is 2.97. The molecule has 4 rings (SSSR count). The van der Waals surface area contributed by atoms with Crippen molar-refractivity contribution in [2.45, 2.75) is 52.3 Å². The summed E-state index contributed by atoms with van der Waals surface area (Å²) in [5, 5.41) is 2.25. The van der Waals surface area contributed by atoms with Gasteiger partial charge in [0.2, 0.25) is 0 Å². The standard InChI is InChI=1S/C17H23NO/c1-15(2)14-9-10-16(15,3)17(11-14)18(19-17)12-13-7-5-4-6-8-13/h4-8,14H,9-12H2,1-3H3/t14-,16-,17?,18?/m1/s1. The van der Waals surface area contributed by atoms with E-state index >= 15 is 0 Å². The zero-order valence-corrected chi connectivity index (χ0v) is 12.1. The van der Waals surface area contributed by atoms with Crippen molar-refractivity contribution in [1.82, 2.24) is 5.06 Å². The number of rotatable bonds is 2. The lowest BCUT2D eigenvalue weighted by molar-refractivity contribution is 0.0700. The van der Waals surface area contributed by atoms with Crippen molar-refractivity contribution in [2.24, 2.45) is 16.7 Å². The molecule has 0 radical (unpaired) electrons. The number of hydrogen-bond acceptors (Lipinski definition) is 2. The highest BCUT2D eigenvalue weighted by Crippen LogP contribution is 2.76. The maximum absolute atomic E-state index is 6.18. The van der Waals surface area contributed by atoms with Gasteiger partial charge in [0.15, 0.2) is 5.72 Å². The monoisotopic (exact) mass is 257 g/mol. The summed E-state index contributed by atoms with van der Waals surface area (Å²) in [4.78, 5) is 6.18. The molecule has 1 heterocycles. The van der Waals surface area contributed by atoms with Gasteiger partial charge in [0.05, 0.1) is 6.54 Å². The Morgan fingerprint density at radius 2 is 1.95 bits per heavy atom. The minimum absolute atomic E-state index is 0.0370. The third kappa shape index (κ3) is 1.29. The van der Waals surface area contributed by atoms with Crippen LogP contribution >= 0.6 is 0 Å². The lowest BCUT2D eigenvalue weighted by atomic mass is 9.68. The Morgan fingerprint density at radius 3 is 2.53 bits per heavy atom. The molecule has 3 aliphatic rings. The lowest BCUT2D eigenvalue weighted by Gasteiger charge is -2.37. The van der Waals surface area contributed by atoms with Crippen LogP contribution in [0.2, 0.25) is 0 Å². The number of benzene rings is 1. The van der Waals surface area contributed by atoms with Gasteiger partial charge in [-0.05, 0) is 36.2 Å². The van der Waals surface area contributed by atoms with Crippen molar-refractivity contribution in [3.8, 4) is 0 Å². The normalized spacial score (nSPS) is 45.8. The molecule has 2 unspecified atom stereocenters. The molecule has 2 nitrogen and oxygen atoms in total. The molecule has 3 fully saturated rings. The highest BCUT2D eigenvalue weighted by atomic mass is 16.9. The fourth-order valence-corrected chi connectivity index (χ4v) is 4.80. The van der Waals surface area contributed by atoms with Gasteiger partial charge >= 0.3 is 0 Å². The van der Waals surface area contributed by atoms with Crippen LogP contribution in [0.1, 0.15) is 45.6 Å². The van der Waals surface area contributed by atoms with E-state index in [-0.39, 0.29) is 5.72 Å². The quantitative estimate of drug-likeness (QED) is 0.745. The number of hydroxylamine groups is 2. The third-order valence-electron chi connectivity index (χ3n) is 6.62. The number of nitrogens with zero attached hydrogens (tertiary/aromatic N) is 1. The Balaban J connectivity index is 1.59. The Kier molecular flexibility index (Phi) is 2.15. The van der Waals surface area contributed by atoms with Crippen molar-refractivity contribution in [2.75, 3.05) is 0 Å². The Labute approximate surface area is 115 Å². The van der Waals surface area contributed by atoms with Gasteiger partial charge in [-0.15, -0.1) is 5.06 Å². The molecule has 2 aliphatic carbocycles. The van der Waals surface area contributed by atoms with Crippen LogP contribution in [0.5, 0.6) is 0 Å². The third-order valence-corrected chi connectivity index (χ3v) is 6.62. The fourth-order valence-electron chi connectivity index (χ4n) is 4.80.